The normalized spacial score (nSPS) is 20.8. The van der Waals surface area contributed by atoms with E-state index in [9.17, 15) is 15.0 Å². The number of rotatable bonds is 7. The summed E-state index contributed by atoms with van der Waals surface area (Å²) in [4.78, 5) is 11.3. The molecule has 3 rings (SSSR count). The molecule has 2 aromatic carbocycles. The van der Waals surface area contributed by atoms with Gasteiger partial charge in [-0.2, -0.15) is 0 Å². The number of carbonyl (C=O) groups excluding carboxylic acids is 1. The molecule has 1 fully saturated rings. The molecule has 1 atom stereocenters. The summed E-state index contributed by atoms with van der Waals surface area (Å²) in [5.74, 6) is -0.880. The number of hydrogen-bond donors (Lipinski definition) is 5. The van der Waals surface area contributed by atoms with Gasteiger partial charge in [0.05, 0.1) is 11.7 Å². The van der Waals surface area contributed by atoms with Crippen molar-refractivity contribution < 1.29 is 15.0 Å². The number of para-hydroxylation sites is 1. The lowest BCUT2D eigenvalue weighted by molar-refractivity contribution is 0.0997. The maximum atomic E-state index is 11.3. The zero-order chi connectivity index (χ0) is 19.2. The molecule has 6 nitrogen and oxygen atoms in total. The van der Waals surface area contributed by atoms with Gasteiger partial charge < -0.3 is 26.6 Å². The molecule has 1 unspecified atom stereocenters. The van der Waals surface area contributed by atoms with Crippen LogP contribution in [0.2, 0.25) is 0 Å². The fraction of sp³-hybridized carbons (Fsp3) is 0.381. The van der Waals surface area contributed by atoms with E-state index in [1.165, 1.54) is 12.1 Å². The van der Waals surface area contributed by atoms with Crippen molar-refractivity contribution in [3.05, 3.63) is 59.7 Å². The second kappa shape index (κ2) is 8.88. The number of anilines is 1. The zero-order valence-electron chi connectivity index (χ0n) is 15.3. The van der Waals surface area contributed by atoms with Crippen molar-refractivity contribution in [2.75, 3.05) is 11.9 Å². The number of aliphatic hydroxyl groups is 1. The zero-order valence-corrected chi connectivity index (χ0v) is 15.3. The van der Waals surface area contributed by atoms with E-state index in [1.807, 2.05) is 18.2 Å². The van der Waals surface area contributed by atoms with E-state index in [4.69, 9.17) is 5.73 Å². The fourth-order valence-corrected chi connectivity index (χ4v) is 3.57. The van der Waals surface area contributed by atoms with Gasteiger partial charge in [-0.25, -0.2) is 0 Å². The number of aromatic hydroxyl groups is 1. The Bertz CT molecular complexity index is 759. The second-order valence-corrected chi connectivity index (χ2v) is 7.12. The summed E-state index contributed by atoms with van der Waals surface area (Å²) in [5, 5.41) is 27.0. The molecule has 0 aromatic heterocycles. The molecule has 0 heterocycles. The SMILES string of the molecule is NC(=O)c1cc(C(O)CN[C@H]2CC[C@H](Nc3ccccc3)CC2)ccc1O. The average molecular weight is 369 g/mol. The first kappa shape index (κ1) is 19.2. The standard InChI is InChI=1S/C21H27N3O3/c22-21(27)18-12-14(6-11-19(18)25)20(26)13-23-15-7-9-17(10-8-15)24-16-4-2-1-3-5-16/h1-6,11-12,15,17,20,23-26H,7-10,13H2,(H2,22,27)/t15-,17-,20?. The lowest BCUT2D eigenvalue weighted by atomic mass is 9.90. The van der Waals surface area contributed by atoms with Crippen molar-refractivity contribution >= 4 is 11.6 Å². The highest BCUT2D eigenvalue weighted by atomic mass is 16.3. The van der Waals surface area contributed by atoms with Crippen LogP contribution in [0.4, 0.5) is 5.69 Å². The number of nitrogens with one attached hydrogen (secondary N) is 2. The van der Waals surface area contributed by atoms with E-state index in [-0.39, 0.29) is 11.3 Å². The van der Waals surface area contributed by atoms with Gasteiger partial charge >= 0.3 is 0 Å². The maximum Gasteiger partial charge on any atom is 0.252 e. The molecule has 2 aromatic rings. The summed E-state index contributed by atoms with van der Waals surface area (Å²) < 4.78 is 0. The minimum absolute atomic E-state index is 0.0269. The third kappa shape index (κ3) is 5.21. The molecule has 1 aliphatic carbocycles. The van der Waals surface area contributed by atoms with Crippen LogP contribution in [0, 0.1) is 0 Å². The Morgan fingerprint density at radius 1 is 1.07 bits per heavy atom. The van der Waals surface area contributed by atoms with E-state index in [0.717, 1.165) is 31.4 Å². The Labute approximate surface area is 159 Å². The number of primary amides is 1. The smallest absolute Gasteiger partial charge is 0.252 e. The summed E-state index contributed by atoms with van der Waals surface area (Å²) >= 11 is 0. The van der Waals surface area contributed by atoms with E-state index in [1.54, 1.807) is 6.07 Å². The second-order valence-electron chi connectivity index (χ2n) is 7.12. The largest absolute Gasteiger partial charge is 0.507 e. The first-order valence-corrected chi connectivity index (χ1v) is 9.38. The van der Waals surface area contributed by atoms with E-state index in [2.05, 4.69) is 22.8 Å². The van der Waals surface area contributed by atoms with Crippen LogP contribution in [0.1, 0.15) is 47.7 Å². The molecule has 27 heavy (non-hydrogen) atoms. The number of benzene rings is 2. The third-order valence-electron chi connectivity index (χ3n) is 5.14. The van der Waals surface area contributed by atoms with Crippen molar-refractivity contribution in [1.82, 2.24) is 5.32 Å². The molecule has 0 radical (unpaired) electrons. The summed E-state index contributed by atoms with van der Waals surface area (Å²) in [6.45, 7) is 0.393. The molecule has 0 bridgehead atoms. The Hall–Kier alpha value is -2.57. The van der Waals surface area contributed by atoms with Crippen LogP contribution in [0.5, 0.6) is 5.75 Å². The van der Waals surface area contributed by atoms with Gasteiger partial charge in [0.2, 0.25) is 0 Å². The van der Waals surface area contributed by atoms with Gasteiger partial charge in [0.1, 0.15) is 5.75 Å². The van der Waals surface area contributed by atoms with Gasteiger partial charge in [0.25, 0.3) is 5.91 Å². The summed E-state index contributed by atoms with van der Waals surface area (Å²) in [7, 11) is 0. The first-order valence-electron chi connectivity index (χ1n) is 9.38. The number of nitrogens with two attached hydrogens (primary N) is 1. The maximum absolute atomic E-state index is 11.3. The molecular formula is C21H27N3O3. The van der Waals surface area contributed by atoms with Gasteiger partial charge in [-0.3, -0.25) is 4.79 Å². The van der Waals surface area contributed by atoms with Crippen LogP contribution in [0.25, 0.3) is 0 Å². The quantitative estimate of drug-likeness (QED) is 0.515. The van der Waals surface area contributed by atoms with Crippen molar-refractivity contribution in [3.8, 4) is 5.75 Å². The Morgan fingerprint density at radius 2 is 1.74 bits per heavy atom. The van der Waals surface area contributed by atoms with Crippen LogP contribution >= 0.6 is 0 Å². The van der Waals surface area contributed by atoms with E-state index < -0.39 is 12.0 Å². The van der Waals surface area contributed by atoms with E-state index in [0.29, 0.717) is 24.2 Å². The minimum atomic E-state index is -0.760. The molecule has 1 aliphatic rings. The number of hydrogen-bond acceptors (Lipinski definition) is 5. The van der Waals surface area contributed by atoms with Gasteiger partial charge in [-0.15, -0.1) is 0 Å². The molecule has 6 heteroatoms. The van der Waals surface area contributed by atoms with E-state index >= 15 is 0 Å². The molecule has 1 amide bonds. The lowest BCUT2D eigenvalue weighted by Crippen LogP contribution is -2.38. The number of carbonyl (C=O) groups is 1. The molecule has 0 aliphatic heterocycles. The average Bonchev–Trinajstić information content (AvgIpc) is 2.68. The van der Waals surface area contributed by atoms with Gasteiger partial charge in [0, 0.05) is 24.3 Å². The molecule has 6 N–H and O–H groups in total. The van der Waals surface area contributed by atoms with Crippen molar-refractivity contribution in [2.45, 2.75) is 43.9 Å². The summed E-state index contributed by atoms with van der Waals surface area (Å²) in [5.41, 5.74) is 6.99. The highest BCUT2D eigenvalue weighted by Crippen LogP contribution is 2.24. The van der Waals surface area contributed by atoms with Crippen LogP contribution in [-0.2, 0) is 0 Å². The van der Waals surface area contributed by atoms with Crippen LogP contribution in [0.3, 0.4) is 0 Å². The molecular weight excluding hydrogens is 342 g/mol. The molecule has 0 spiro atoms. The predicted octanol–water partition coefficient (Wildman–Crippen LogP) is 2.54. The number of phenols is 1. The summed E-state index contributed by atoms with van der Waals surface area (Å²) in [6, 6.07) is 15.5. The lowest BCUT2D eigenvalue weighted by Gasteiger charge is -2.31. The van der Waals surface area contributed by atoms with Crippen LogP contribution in [-0.4, -0.2) is 34.7 Å². The molecule has 144 valence electrons. The van der Waals surface area contributed by atoms with Crippen molar-refractivity contribution in [2.24, 2.45) is 5.73 Å². The highest BCUT2D eigenvalue weighted by Gasteiger charge is 2.22. The molecule has 0 saturated heterocycles. The highest BCUT2D eigenvalue weighted by molar-refractivity contribution is 5.95. The predicted molar refractivity (Wildman–Crippen MR) is 106 cm³/mol. The Balaban J connectivity index is 1.46. The van der Waals surface area contributed by atoms with Crippen molar-refractivity contribution in [3.63, 3.8) is 0 Å². The third-order valence-corrected chi connectivity index (χ3v) is 5.14. The molecule has 1 saturated carbocycles. The minimum Gasteiger partial charge on any atom is -0.507 e. The fourth-order valence-electron chi connectivity index (χ4n) is 3.57. The Morgan fingerprint density at radius 3 is 2.41 bits per heavy atom. The van der Waals surface area contributed by atoms with Crippen LogP contribution < -0.4 is 16.4 Å². The van der Waals surface area contributed by atoms with Gasteiger partial charge in [-0.05, 0) is 55.5 Å². The van der Waals surface area contributed by atoms with Crippen molar-refractivity contribution in [1.29, 1.82) is 0 Å². The number of aliphatic hydroxyl groups excluding tert-OH is 1. The summed E-state index contributed by atoms with van der Waals surface area (Å²) in [6.07, 6.45) is 3.48. The van der Waals surface area contributed by atoms with Gasteiger partial charge in [0.15, 0.2) is 0 Å². The first-order chi connectivity index (χ1) is 13.0. The number of amides is 1. The van der Waals surface area contributed by atoms with Gasteiger partial charge in [-0.1, -0.05) is 24.3 Å². The Kier molecular flexibility index (Phi) is 6.32. The monoisotopic (exact) mass is 369 g/mol. The topological polar surface area (TPSA) is 108 Å². The van der Waals surface area contributed by atoms with Crippen LogP contribution in [0.15, 0.2) is 48.5 Å².